The molecule has 1 amide bonds. The van der Waals surface area contributed by atoms with Crippen LogP contribution >= 0.6 is 11.6 Å². The van der Waals surface area contributed by atoms with E-state index >= 15 is 0 Å². The SMILES string of the molecule is CC(C)N(CCC#N)C(=O)c1cc(Cl)ccc1[N+](=O)[O-]. The lowest BCUT2D eigenvalue weighted by Crippen LogP contribution is -2.37. The summed E-state index contributed by atoms with van der Waals surface area (Å²) in [6.07, 6.45) is 0.165. The summed E-state index contributed by atoms with van der Waals surface area (Å²) in [5, 5.41) is 19.9. The van der Waals surface area contributed by atoms with Crippen molar-refractivity contribution in [2.24, 2.45) is 0 Å². The first-order chi connectivity index (χ1) is 9.38. The Bertz CT molecular complexity index is 566. The van der Waals surface area contributed by atoms with E-state index in [4.69, 9.17) is 16.9 Å². The minimum absolute atomic E-state index is 0.0610. The monoisotopic (exact) mass is 295 g/mol. The van der Waals surface area contributed by atoms with E-state index in [1.54, 1.807) is 13.8 Å². The van der Waals surface area contributed by atoms with Crippen molar-refractivity contribution in [2.45, 2.75) is 26.3 Å². The van der Waals surface area contributed by atoms with Crippen LogP contribution < -0.4 is 0 Å². The zero-order chi connectivity index (χ0) is 15.3. The van der Waals surface area contributed by atoms with Gasteiger partial charge in [0.25, 0.3) is 11.6 Å². The van der Waals surface area contributed by atoms with Crippen molar-refractivity contribution in [3.05, 3.63) is 38.9 Å². The van der Waals surface area contributed by atoms with Crippen LogP contribution in [0, 0.1) is 21.4 Å². The maximum atomic E-state index is 12.4. The second kappa shape index (κ2) is 6.87. The maximum Gasteiger partial charge on any atom is 0.282 e. The molecule has 0 saturated carbocycles. The topological polar surface area (TPSA) is 87.2 Å². The lowest BCUT2D eigenvalue weighted by molar-refractivity contribution is -0.385. The molecule has 0 unspecified atom stereocenters. The Kier molecular flexibility index (Phi) is 5.47. The number of hydrogen-bond donors (Lipinski definition) is 0. The zero-order valence-corrected chi connectivity index (χ0v) is 11.9. The van der Waals surface area contributed by atoms with Crippen molar-refractivity contribution < 1.29 is 9.72 Å². The standard InChI is InChI=1S/C13H14ClN3O3/c1-9(2)16(7-3-6-15)13(18)11-8-10(14)4-5-12(11)17(19)20/h4-5,8-9H,3,7H2,1-2H3. The molecule has 20 heavy (non-hydrogen) atoms. The van der Waals surface area contributed by atoms with Crippen LogP contribution in [0.2, 0.25) is 5.02 Å². The summed E-state index contributed by atoms with van der Waals surface area (Å²) in [5.41, 5.74) is -0.351. The molecule has 0 aromatic heterocycles. The lowest BCUT2D eigenvalue weighted by atomic mass is 10.1. The van der Waals surface area contributed by atoms with Gasteiger partial charge in [-0.3, -0.25) is 14.9 Å². The van der Waals surface area contributed by atoms with Crippen LogP contribution in [0.1, 0.15) is 30.6 Å². The maximum absolute atomic E-state index is 12.4. The third-order valence-corrected chi connectivity index (χ3v) is 2.97. The highest BCUT2D eigenvalue weighted by molar-refractivity contribution is 6.31. The van der Waals surface area contributed by atoms with Crippen molar-refractivity contribution in [3.63, 3.8) is 0 Å². The fraction of sp³-hybridized carbons (Fsp3) is 0.385. The second-order valence-electron chi connectivity index (χ2n) is 4.42. The Morgan fingerprint density at radius 1 is 1.55 bits per heavy atom. The molecule has 1 aromatic carbocycles. The van der Waals surface area contributed by atoms with Crippen LogP contribution in [0.5, 0.6) is 0 Å². The van der Waals surface area contributed by atoms with E-state index < -0.39 is 10.8 Å². The quantitative estimate of drug-likeness (QED) is 0.617. The summed E-state index contributed by atoms with van der Waals surface area (Å²) in [5.74, 6) is -0.496. The Morgan fingerprint density at radius 3 is 2.70 bits per heavy atom. The Labute approximate surface area is 121 Å². The first-order valence-electron chi connectivity index (χ1n) is 6.00. The first kappa shape index (κ1) is 15.9. The van der Waals surface area contributed by atoms with Crippen LogP contribution in [-0.4, -0.2) is 28.3 Å². The molecule has 0 aliphatic carbocycles. The molecular formula is C13H14ClN3O3. The van der Waals surface area contributed by atoms with Gasteiger partial charge >= 0.3 is 0 Å². The number of amides is 1. The van der Waals surface area contributed by atoms with Crippen LogP contribution in [-0.2, 0) is 0 Å². The highest BCUT2D eigenvalue weighted by Crippen LogP contribution is 2.24. The largest absolute Gasteiger partial charge is 0.335 e. The second-order valence-corrected chi connectivity index (χ2v) is 4.86. The summed E-state index contributed by atoms with van der Waals surface area (Å²) in [6, 6.07) is 5.64. The number of nitrogens with zero attached hydrogens (tertiary/aromatic N) is 3. The van der Waals surface area contributed by atoms with Gasteiger partial charge in [-0.25, -0.2) is 0 Å². The molecule has 0 aliphatic rings. The van der Waals surface area contributed by atoms with E-state index in [0.717, 1.165) is 0 Å². The number of benzene rings is 1. The van der Waals surface area contributed by atoms with Gasteiger partial charge in [0.15, 0.2) is 0 Å². The fourth-order valence-corrected chi connectivity index (χ4v) is 1.93. The van der Waals surface area contributed by atoms with Crippen LogP contribution in [0.15, 0.2) is 18.2 Å². The van der Waals surface area contributed by atoms with Crippen molar-refractivity contribution in [1.29, 1.82) is 5.26 Å². The minimum Gasteiger partial charge on any atom is -0.335 e. The number of rotatable bonds is 5. The molecule has 0 N–H and O–H groups in total. The molecule has 0 spiro atoms. The number of nitro benzene ring substituents is 1. The first-order valence-corrected chi connectivity index (χ1v) is 6.38. The number of carbonyl (C=O) groups is 1. The van der Waals surface area contributed by atoms with Crippen molar-refractivity contribution in [2.75, 3.05) is 6.54 Å². The normalized spacial score (nSPS) is 10.2. The van der Waals surface area contributed by atoms with Crippen molar-refractivity contribution in [3.8, 4) is 6.07 Å². The molecule has 0 radical (unpaired) electrons. The van der Waals surface area contributed by atoms with E-state index in [1.165, 1.54) is 23.1 Å². The van der Waals surface area contributed by atoms with Gasteiger partial charge in [-0.05, 0) is 26.0 Å². The van der Waals surface area contributed by atoms with Crippen LogP contribution in [0.4, 0.5) is 5.69 Å². The summed E-state index contributed by atoms with van der Waals surface area (Å²) in [7, 11) is 0. The van der Waals surface area contributed by atoms with Gasteiger partial charge in [0.2, 0.25) is 0 Å². The zero-order valence-electron chi connectivity index (χ0n) is 11.2. The molecule has 106 valence electrons. The van der Waals surface area contributed by atoms with Gasteiger partial charge in [-0.15, -0.1) is 0 Å². The third-order valence-electron chi connectivity index (χ3n) is 2.73. The van der Waals surface area contributed by atoms with E-state index in [9.17, 15) is 14.9 Å². The number of carbonyl (C=O) groups excluding carboxylic acids is 1. The van der Waals surface area contributed by atoms with E-state index in [-0.39, 0.29) is 35.3 Å². The van der Waals surface area contributed by atoms with Gasteiger partial charge in [-0.2, -0.15) is 5.26 Å². The van der Waals surface area contributed by atoms with E-state index in [1.807, 2.05) is 6.07 Å². The predicted molar refractivity (Wildman–Crippen MR) is 74.5 cm³/mol. The molecule has 1 rings (SSSR count). The van der Waals surface area contributed by atoms with Crippen LogP contribution in [0.25, 0.3) is 0 Å². The molecule has 6 nitrogen and oxygen atoms in total. The van der Waals surface area contributed by atoms with Gasteiger partial charge in [-0.1, -0.05) is 11.6 Å². The Balaban J connectivity index is 3.20. The molecule has 7 heteroatoms. The molecule has 0 fully saturated rings. The molecule has 0 aliphatic heterocycles. The summed E-state index contributed by atoms with van der Waals surface area (Å²) in [6.45, 7) is 3.79. The molecule has 0 bridgehead atoms. The van der Waals surface area contributed by atoms with Crippen molar-refractivity contribution in [1.82, 2.24) is 4.90 Å². The number of halogens is 1. The summed E-state index contributed by atoms with van der Waals surface area (Å²) >= 11 is 5.81. The third kappa shape index (κ3) is 3.68. The van der Waals surface area contributed by atoms with Crippen molar-refractivity contribution >= 4 is 23.2 Å². The van der Waals surface area contributed by atoms with Crippen LogP contribution in [0.3, 0.4) is 0 Å². The summed E-state index contributed by atoms with van der Waals surface area (Å²) < 4.78 is 0. The number of nitro groups is 1. The highest BCUT2D eigenvalue weighted by Gasteiger charge is 2.26. The molecule has 0 heterocycles. The summed E-state index contributed by atoms with van der Waals surface area (Å²) in [4.78, 5) is 24.2. The fourth-order valence-electron chi connectivity index (χ4n) is 1.76. The average molecular weight is 296 g/mol. The molecular weight excluding hydrogens is 282 g/mol. The number of hydrogen-bond acceptors (Lipinski definition) is 4. The lowest BCUT2D eigenvalue weighted by Gasteiger charge is -2.25. The highest BCUT2D eigenvalue weighted by atomic mass is 35.5. The molecule has 0 saturated heterocycles. The Morgan fingerprint density at radius 2 is 2.20 bits per heavy atom. The molecule has 1 aromatic rings. The van der Waals surface area contributed by atoms with E-state index in [2.05, 4.69) is 0 Å². The van der Waals surface area contributed by atoms with Gasteiger partial charge in [0, 0.05) is 23.7 Å². The van der Waals surface area contributed by atoms with Gasteiger partial charge in [0.05, 0.1) is 17.4 Å². The van der Waals surface area contributed by atoms with Gasteiger partial charge < -0.3 is 4.90 Å². The predicted octanol–water partition coefficient (Wildman–Crippen LogP) is 3.01. The smallest absolute Gasteiger partial charge is 0.282 e. The van der Waals surface area contributed by atoms with E-state index in [0.29, 0.717) is 0 Å². The minimum atomic E-state index is -0.619. The van der Waals surface area contributed by atoms with Gasteiger partial charge in [0.1, 0.15) is 5.56 Å². The molecule has 0 atom stereocenters. The Hall–Kier alpha value is -2.13. The number of nitriles is 1. The average Bonchev–Trinajstić information content (AvgIpc) is 2.38.